The molecule has 12 nitrogen and oxygen atoms in total. The highest BCUT2D eigenvalue weighted by molar-refractivity contribution is 6.18. The highest BCUT2D eigenvalue weighted by Gasteiger charge is 2.65. The first-order chi connectivity index (χ1) is 29.8. The van der Waals surface area contributed by atoms with Crippen LogP contribution in [0.1, 0.15) is 74.5 Å². The maximum Gasteiger partial charge on any atom is 0.410 e. The molecule has 1 amide bonds. The predicted molar refractivity (Wildman–Crippen MR) is 227 cm³/mol. The summed E-state index contributed by atoms with van der Waals surface area (Å²) >= 11 is 6.08. The van der Waals surface area contributed by atoms with Crippen LogP contribution >= 0.6 is 11.6 Å². The molecule has 14 heteroatoms. The Bertz CT molecular complexity index is 2050. The number of ether oxygens (including phenoxy) is 6. The Morgan fingerprint density at radius 3 is 2.59 bits per heavy atom. The second kappa shape index (κ2) is 20.8. The smallest absolute Gasteiger partial charge is 0.410 e. The van der Waals surface area contributed by atoms with E-state index in [4.69, 9.17) is 50.0 Å². The van der Waals surface area contributed by atoms with E-state index in [0.29, 0.717) is 53.7 Å². The average Bonchev–Trinajstić information content (AvgIpc) is 3.75. The van der Waals surface area contributed by atoms with Crippen molar-refractivity contribution >= 4 is 23.4 Å². The lowest BCUT2D eigenvalue weighted by Crippen LogP contribution is -2.70. The second-order valence-corrected chi connectivity index (χ2v) is 16.1. The lowest BCUT2D eigenvalue weighted by atomic mass is 9.55. The number of aliphatic hydroxyl groups is 2. The topological polar surface area (TPSA) is 138 Å². The number of benzene rings is 3. The minimum atomic E-state index is -1.51. The molecule has 2 aliphatic heterocycles. The van der Waals surface area contributed by atoms with Gasteiger partial charge in [0, 0.05) is 43.2 Å². The van der Waals surface area contributed by atoms with Crippen LogP contribution in [0.2, 0.25) is 0 Å². The molecule has 7 rings (SSSR count). The third-order valence-corrected chi connectivity index (χ3v) is 12.2. The number of rotatable bonds is 21. The summed E-state index contributed by atoms with van der Waals surface area (Å²) in [5.74, 6) is -0.305. The van der Waals surface area contributed by atoms with Crippen molar-refractivity contribution in [3.05, 3.63) is 107 Å². The van der Waals surface area contributed by atoms with Gasteiger partial charge in [-0.15, -0.1) is 18.2 Å². The van der Waals surface area contributed by atoms with E-state index in [1.165, 1.54) is 6.07 Å². The molecule has 0 saturated heterocycles. The zero-order valence-electron chi connectivity index (χ0n) is 34.6. The largest absolute Gasteiger partial charge is 0.489 e. The number of aliphatic hydroxyl groups excluding tert-OH is 2. The maximum atomic E-state index is 14.7. The molecule has 0 unspecified atom stereocenters. The van der Waals surface area contributed by atoms with E-state index in [0.717, 1.165) is 42.4 Å². The predicted octanol–water partition coefficient (Wildman–Crippen LogP) is 8.66. The summed E-state index contributed by atoms with van der Waals surface area (Å²) in [5.41, 5.74) is 3.61. The van der Waals surface area contributed by atoms with Crippen LogP contribution in [0, 0.1) is 23.6 Å². The quantitative estimate of drug-likeness (QED) is 0.0463. The molecule has 6 atom stereocenters. The molecule has 4 aliphatic rings. The molecular weight excluding hydrogens is 807 g/mol. The van der Waals surface area contributed by atoms with Crippen LogP contribution < -0.4 is 18.9 Å². The Balaban J connectivity index is 1.42. The van der Waals surface area contributed by atoms with E-state index >= 15 is 0 Å². The summed E-state index contributed by atoms with van der Waals surface area (Å²) < 4.78 is 52.5. The number of hydrogen-bond donors (Lipinski definition) is 2. The first kappa shape index (κ1) is 44.2. The van der Waals surface area contributed by atoms with Crippen molar-refractivity contribution in [1.29, 1.82) is 0 Å². The summed E-state index contributed by atoms with van der Waals surface area (Å²) in [7, 11) is 0. The first-order valence-corrected chi connectivity index (χ1v) is 21.8. The summed E-state index contributed by atoms with van der Waals surface area (Å²) in [4.78, 5) is 22.0. The van der Waals surface area contributed by atoms with Crippen molar-refractivity contribution in [2.45, 2.75) is 82.8 Å². The van der Waals surface area contributed by atoms with E-state index in [1.54, 1.807) is 35.2 Å². The van der Waals surface area contributed by atoms with Crippen LogP contribution in [0.25, 0.3) is 0 Å². The highest BCUT2D eigenvalue weighted by Crippen LogP contribution is 2.62. The monoisotopic (exact) mass is 862 g/mol. The van der Waals surface area contributed by atoms with Gasteiger partial charge in [0.2, 0.25) is 12.6 Å². The summed E-state index contributed by atoms with van der Waals surface area (Å²) in [6.45, 7) is 6.61. The van der Waals surface area contributed by atoms with Crippen molar-refractivity contribution in [2.24, 2.45) is 22.9 Å². The van der Waals surface area contributed by atoms with Gasteiger partial charge in [-0.05, 0) is 92.0 Å². The normalized spacial score (nSPS) is 23.9. The SMILES string of the molecule is C=CCO[C@@]12Oc3ccc(OCc4ccccc4F)cc3[C@H]3[C@H](CCCCO)[C@@H](CCCCO)C=C(C(=NOCC)C[C@@H]1N(Cc1ccc4c(c1)OCO4)C(=O)OCCCl)[C@H]32. The number of unbranched alkanes of at least 4 members (excludes halogenated alkanes) is 2. The molecule has 0 bridgehead atoms. The molecule has 61 heavy (non-hydrogen) atoms. The molecule has 1 saturated carbocycles. The number of halogens is 2. The fourth-order valence-electron chi connectivity index (χ4n) is 9.40. The Labute approximate surface area is 361 Å². The summed E-state index contributed by atoms with van der Waals surface area (Å²) in [6, 6.07) is 16.9. The average molecular weight is 863 g/mol. The van der Waals surface area contributed by atoms with E-state index in [-0.39, 0.29) is 82.2 Å². The van der Waals surface area contributed by atoms with Crippen molar-refractivity contribution in [2.75, 3.05) is 45.7 Å². The first-order valence-electron chi connectivity index (χ1n) is 21.3. The van der Waals surface area contributed by atoms with Gasteiger partial charge in [-0.2, -0.15) is 0 Å². The molecule has 2 N–H and O–H groups in total. The van der Waals surface area contributed by atoms with Crippen LogP contribution in [-0.2, 0) is 27.5 Å². The van der Waals surface area contributed by atoms with Crippen LogP contribution in [0.5, 0.6) is 23.0 Å². The number of alkyl halides is 1. The molecule has 2 aliphatic carbocycles. The Morgan fingerprint density at radius 2 is 1.82 bits per heavy atom. The van der Waals surface area contributed by atoms with Gasteiger partial charge in [0.05, 0.1) is 24.1 Å². The number of oxime groups is 1. The zero-order valence-corrected chi connectivity index (χ0v) is 35.4. The van der Waals surface area contributed by atoms with E-state index in [1.807, 2.05) is 37.3 Å². The molecular formula is C47H56ClFN2O10. The Morgan fingerprint density at radius 1 is 1.03 bits per heavy atom. The maximum absolute atomic E-state index is 14.7. The van der Waals surface area contributed by atoms with Crippen LogP contribution in [0.4, 0.5) is 9.18 Å². The molecule has 0 spiro atoms. The molecule has 1 fully saturated rings. The van der Waals surface area contributed by atoms with Gasteiger partial charge < -0.3 is 43.5 Å². The molecule has 3 aromatic rings. The number of nitrogens with zero attached hydrogens (tertiary/aromatic N) is 2. The number of hydrogen-bond acceptors (Lipinski definition) is 11. The van der Waals surface area contributed by atoms with Crippen molar-refractivity contribution in [1.82, 2.24) is 4.90 Å². The third kappa shape index (κ3) is 9.65. The molecule has 0 radical (unpaired) electrons. The number of carbonyl (C=O) groups excluding carboxylic acids is 1. The van der Waals surface area contributed by atoms with Gasteiger partial charge in [-0.25, -0.2) is 9.18 Å². The van der Waals surface area contributed by atoms with Gasteiger partial charge in [0.25, 0.3) is 0 Å². The minimum absolute atomic E-state index is 0.00669. The van der Waals surface area contributed by atoms with Crippen LogP contribution in [0.3, 0.4) is 0 Å². The lowest BCUT2D eigenvalue weighted by Gasteiger charge is -2.59. The number of fused-ring (bicyclic) bond motifs is 3. The molecule has 2 heterocycles. The zero-order chi connectivity index (χ0) is 42.8. The van der Waals surface area contributed by atoms with Crippen molar-refractivity contribution in [3.8, 4) is 23.0 Å². The van der Waals surface area contributed by atoms with Gasteiger partial charge in [0.15, 0.2) is 11.5 Å². The van der Waals surface area contributed by atoms with Crippen molar-refractivity contribution < 1.29 is 52.7 Å². The van der Waals surface area contributed by atoms with Crippen molar-refractivity contribution in [3.63, 3.8) is 0 Å². The fourth-order valence-corrected chi connectivity index (χ4v) is 9.48. The summed E-state index contributed by atoms with van der Waals surface area (Å²) in [6.07, 6.45) is 7.89. The van der Waals surface area contributed by atoms with Gasteiger partial charge in [-0.1, -0.05) is 54.4 Å². The Kier molecular flexibility index (Phi) is 15.1. The van der Waals surface area contributed by atoms with Gasteiger partial charge in [0.1, 0.15) is 43.2 Å². The number of carbonyl (C=O) groups is 1. The van der Waals surface area contributed by atoms with Gasteiger partial charge in [-0.3, -0.25) is 4.90 Å². The third-order valence-electron chi connectivity index (χ3n) is 12.0. The van der Waals surface area contributed by atoms with Crippen LogP contribution in [-0.4, -0.2) is 84.5 Å². The fraction of sp³-hybridized carbons (Fsp3) is 0.489. The lowest BCUT2D eigenvalue weighted by molar-refractivity contribution is -0.256. The standard InChI is InChI=1S/C47H56ClFN2O10/c1-3-22-59-47-43(51(46(54)55-23-19-48)28-31-15-17-41-42(24-31)58-30-57-41)27-39(50-60-4-2)36-25-32(11-7-9-20-52)35(13-8-10-21-53)44(45(36)47)37-26-34(16-18-40(37)61-47)56-29-33-12-5-6-14-38(33)49/h3,5-6,12,14-18,24-26,32,35,43-45,52-53H,1,4,7-11,13,19-23,27-30H2,2H3/t32-,35+,43-,44+,45+,47+/m0/s1. The number of amides is 1. The summed E-state index contributed by atoms with van der Waals surface area (Å²) in [5, 5.41) is 24.6. The molecule has 328 valence electrons. The van der Waals surface area contributed by atoms with Gasteiger partial charge >= 0.3 is 6.09 Å². The molecule has 0 aromatic heterocycles. The Hall–Kier alpha value is -4.82. The van der Waals surface area contributed by atoms with E-state index < -0.39 is 23.8 Å². The van der Waals surface area contributed by atoms with Crippen LogP contribution in [0.15, 0.2) is 90.1 Å². The number of allylic oxidation sites excluding steroid dienone is 1. The molecule has 3 aromatic carbocycles. The minimum Gasteiger partial charge on any atom is -0.489 e. The van der Waals surface area contributed by atoms with E-state index in [2.05, 4.69) is 12.7 Å². The highest BCUT2D eigenvalue weighted by atomic mass is 35.5. The second-order valence-electron chi connectivity index (χ2n) is 15.7. The van der Waals surface area contributed by atoms with E-state index in [9.17, 15) is 19.4 Å².